The van der Waals surface area contributed by atoms with Crippen LogP contribution in [0.25, 0.3) is 11.1 Å². The van der Waals surface area contributed by atoms with Crippen LogP contribution in [-0.4, -0.2) is 60.4 Å². The number of ether oxygens (including phenoxy) is 2. The molecule has 176 valence electrons. The number of carbonyl (C=O) groups is 2. The minimum Gasteiger partial charge on any atom is -0.492 e. The number of rotatable bonds is 11. The number of hydrogen-bond acceptors (Lipinski definition) is 7. The Kier molecular flexibility index (Phi) is 8.12. The average molecular weight is 456 g/mol. The number of fused-ring (bicyclic) bond motifs is 1. The van der Waals surface area contributed by atoms with E-state index in [-0.39, 0.29) is 19.1 Å². The van der Waals surface area contributed by atoms with Crippen LogP contribution >= 0.6 is 0 Å². The maximum absolute atomic E-state index is 12.3. The van der Waals surface area contributed by atoms with Crippen molar-refractivity contribution < 1.29 is 28.6 Å². The third kappa shape index (κ3) is 7.13. The maximum Gasteiger partial charge on any atom is 0.410 e. The van der Waals surface area contributed by atoms with E-state index in [2.05, 4.69) is 4.98 Å². The highest BCUT2D eigenvalue weighted by Gasteiger charge is 2.19. The van der Waals surface area contributed by atoms with E-state index in [1.54, 1.807) is 12.1 Å². The molecule has 1 aromatic heterocycles. The summed E-state index contributed by atoms with van der Waals surface area (Å²) >= 11 is 0. The van der Waals surface area contributed by atoms with E-state index in [9.17, 15) is 9.59 Å². The lowest BCUT2D eigenvalue weighted by Crippen LogP contribution is -2.36. The number of carboxylic acid groups (broad SMARTS) is 1. The highest BCUT2D eigenvalue weighted by atomic mass is 16.6. The first-order chi connectivity index (χ1) is 15.8. The molecular weight excluding hydrogens is 426 g/mol. The number of carboxylic acids is 1. The Morgan fingerprint density at radius 2 is 1.94 bits per heavy atom. The number of benzene rings is 2. The normalized spacial score (nSPS) is 10.9. The van der Waals surface area contributed by atoms with Crippen LogP contribution in [0.5, 0.6) is 5.75 Å². The topological polar surface area (TPSA) is 105 Å². The SMILES string of the molecule is CC(C)COC(=O)N(CC(=O)O)Cc1cccc(OCCN(C)c2nc3ccccc3o2)c1. The number of oxazole rings is 1. The van der Waals surface area contributed by atoms with Gasteiger partial charge in [-0.3, -0.25) is 9.69 Å². The molecule has 0 aliphatic rings. The van der Waals surface area contributed by atoms with Gasteiger partial charge in [0.15, 0.2) is 5.58 Å². The number of carbonyl (C=O) groups excluding carboxylic acids is 1. The van der Waals surface area contributed by atoms with Crippen LogP contribution in [0.4, 0.5) is 10.8 Å². The van der Waals surface area contributed by atoms with Gasteiger partial charge in [0.1, 0.15) is 24.4 Å². The van der Waals surface area contributed by atoms with Gasteiger partial charge in [0.25, 0.3) is 6.01 Å². The smallest absolute Gasteiger partial charge is 0.410 e. The van der Waals surface area contributed by atoms with Crippen LogP contribution in [-0.2, 0) is 16.1 Å². The van der Waals surface area contributed by atoms with Crippen LogP contribution in [0.1, 0.15) is 19.4 Å². The Labute approximate surface area is 192 Å². The van der Waals surface area contributed by atoms with Crippen LogP contribution in [0.2, 0.25) is 0 Å². The molecule has 1 amide bonds. The number of likely N-dealkylation sites (N-methyl/N-ethyl adjacent to an activating group) is 1. The fraction of sp³-hybridized carbons (Fsp3) is 0.375. The summed E-state index contributed by atoms with van der Waals surface area (Å²) < 4.78 is 16.8. The van der Waals surface area contributed by atoms with Gasteiger partial charge in [-0.2, -0.15) is 4.98 Å². The molecule has 9 nitrogen and oxygen atoms in total. The predicted molar refractivity (Wildman–Crippen MR) is 123 cm³/mol. The van der Waals surface area contributed by atoms with Gasteiger partial charge >= 0.3 is 12.1 Å². The van der Waals surface area contributed by atoms with Gasteiger partial charge in [-0.05, 0) is 35.7 Å². The lowest BCUT2D eigenvalue weighted by molar-refractivity contribution is -0.138. The lowest BCUT2D eigenvalue weighted by Gasteiger charge is -2.21. The Hall–Kier alpha value is -3.75. The predicted octanol–water partition coefficient (Wildman–Crippen LogP) is 4.02. The van der Waals surface area contributed by atoms with E-state index >= 15 is 0 Å². The number of aliphatic carboxylic acids is 1. The molecule has 33 heavy (non-hydrogen) atoms. The van der Waals surface area contributed by atoms with Crippen LogP contribution in [0.3, 0.4) is 0 Å². The van der Waals surface area contributed by atoms with Crippen LogP contribution < -0.4 is 9.64 Å². The van der Waals surface area contributed by atoms with Gasteiger partial charge in [-0.25, -0.2) is 4.79 Å². The minimum absolute atomic E-state index is 0.100. The summed E-state index contributed by atoms with van der Waals surface area (Å²) in [5.41, 5.74) is 2.26. The third-order valence-electron chi connectivity index (χ3n) is 4.70. The van der Waals surface area contributed by atoms with Crippen molar-refractivity contribution in [2.45, 2.75) is 20.4 Å². The second kappa shape index (κ2) is 11.2. The quantitative estimate of drug-likeness (QED) is 0.462. The van der Waals surface area contributed by atoms with E-state index in [4.69, 9.17) is 19.0 Å². The summed E-state index contributed by atoms with van der Waals surface area (Å²) in [5.74, 6) is -0.333. The maximum atomic E-state index is 12.3. The molecule has 1 N–H and O–H groups in total. The zero-order valence-electron chi connectivity index (χ0n) is 19.1. The molecule has 3 rings (SSSR count). The van der Waals surface area contributed by atoms with Gasteiger partial charge < -0.3 is 23.9 Å². The zero-order chi connectivity index (χ0) is 23.8. The summed E-state index contributed by atoms with van der Waals surface area (Å²) in [6.45, 7) is 4.64. The summed E-state index contributed by atoms with van der Waals surface area (Å²) in [5, 5.41) is 9.16. The molecule has 0 bridgehead atoms. The average Bonchev–Trinajstić information content (AvgIpc) is 3.21. The van der Waals surface area contributed by atoms with Crippen molar-refractivity contribution in [3.63, 3.8) is 0 Å². The van der Waals surface area contributed by atoms with Crippen molar-refractivity contribution in [3.8, 4) is 5.75 Å². The van der Waals surface area contributed by atoms with Gasteiger partial charge in [0, 0.05) is 13.6 Å². The van der Waals surface area contributed by atoms with Gasteiger partial charge in [0.2, 0.25) is 0 Å². The fourth-order valence-electron chi connectivity index (χ4n) is 3.05. The molecule has 0 unspecified atom stereocenters. The Morgan fingerprint density at radius 3 is 2.67 bits per heavy atom. The summed E-state index contributed by atoms with van der Waals surface area (Å²) in [6, 6.07) is 15.3. The standard InChI is InChI=1S/C24H29N3O6/c1-17(2)16-32-24(30)27(15-22(28)29)14-18-7-6-8-19(13-18)31-12-11-26(3)23-25-20-9-4-5-10-21(20)33-23/h4-10,13,17H,11-12,14-16H2,1-3H3,(H,28,29). The summed E-state index contributed by atoms with van der Waals surface area (Å²) in [6.07, 6.45) is -0.655. The number of anilines is 1. The van der Waals surface area contributed by atoms with Crippen molar-refractivity contribution in [3.05, 3.63) is 54.1 Å². The zero-order valence-corrected chi connectivity index (χ0v) is 19.1. The third-order valence-corrected chi connectivity index (χ3v) is 4.70. The number of aromatic nitrogens is 1. The van der Waals surface area contributed by atoms with Gasteiger partial charge in [0.05, 0.1) is 13.2 Å². The number of amides is 1. The van der Waals surface area contributed by atoms with Crippen molar-refractivity contribution in [1.82, 2.24) is 9.88 Å². The molecule has 0 fully saturated rings. The Morgan fingerprint density at radius 1 is 1.15 bits per heavy atom. The van der Waals surface area contributed by atoms with E-state index < -0.39 is 18.6 Å². The van der Waals surface area contributed by atoms with Crippen molar-refractivity contribution >= 4 is 29.2 Å². The highest BCUT2D eigenvalue weighted by molar-refractivity contribution is 5.76. The summed E-state index contributed by atoms with van der Waals surface area (Å²) in [7, 11) is 1.87. The van der Waals surface area contributed by atoms with Crippen molar-refractivity contribution in [2.75, 3.05) is 38.3 Å². The first kappa shape index (κ1) is 23.9. The number of hydrogen-bond donors (Lipinski definition) is 1. The molecule has 0 atom stereocenters. The Bertz CT molecular complexity index is 1050. The second-order valence-electron chi connectivity index (χ2n) is 8.10. The van der Waals surface area contributed by atoms with Crippen LogP contribution in [0, 0.1) is 5.92 Å². The first-order valence-corrected chi connectivity index (χ1v) is 10.7. The molecule has 0 saturated heterocycles. The number of para-hydroxylation sites is 2. The van der Waals surface area contributed by atoms with Crippen LogP contribution in [0.15, 0.2) is 52.9 Å². The van der Waals surface area contributed by atoms with E-state index in [1.165, 1.54) is 0 Å². The Balaban J connectivity index is 1.56. The minimum atomic E-state index is -1.11. The fourth-order valence-corrected chi connectivity index (χ4v) is 3.05. The van der Waals surface area contributed by atoms with E-state index in [1.807, 2.05) is 62.2 Å². The largest absolute Gasteiger partial charge is 0.492 e. The van der Waals surface area contributed by atoms with Gasteiger partial charge in [-0.1, -0.05) is 38.1 Å². The van der Waals surface area contributed by atoms with E-state index in [0.29, 0.717) is 24.9 Å². The first-order valence-electron chi connectivity index (χ1n) is 10.7. The molecule has 0 aliphatic heterocycles. The molecule has 0 saturated carbocycles. The molecule has 0 radical (unpaired) electrons. The molecule has 2 aromatic carbocycles. The van der Waals surface area contributed by atoms with Gasteiger partial charge in [-0.15, -0.1) is 0 Å². The molecule has 3 aromatic rings. The molecular formula is C24H29N3O6. The molecule has 1 heterocycles. The monoisotopic (exact) mass is 455 g/mol. The molecule has 9 heteroatoms. The second-order valence-corrected chi connectivity index (χ2v) is 8.10. The van der Waals surface area contributed by atoms with Crippen molar-refractivity contribution in [1.29, 1.82) is 0 Å². The molecule has 0 spiro atoms. The van der Waals surface area contributed by atoms with Crippen molar-refractivity contribution in [2.24, 2.45) is 5.92 Å². The number of nitrogens with zero attached hydrogens (tertiary/aromatic N) is 3. The highest BCUT2D eigenvalue weighted by Crippen LogP contribution is 2.21. The summed E-state index contributed by atoms with van der Waals surface area (Å²) in [4.78, 5) is 31.0. The molecule has 0 aliphatic carbocycles. The lowest BCUT2D eigenvalue weighted by atomic mass is 10.2. The van der Waals surface area contributed by atoms with E-state index in [0.717, 1.165) is 21.6 Å².